The number of rotatable bonds is 5. The lowest BCUT2D eigenvalue weighted by Gasteiger charge is -2.10. The summed E-state index contributed by atoms with van der Waals surface area (Å²) in [5.74, 6) is -0.756. The first-order valence-electron chi connectivity index (χ1n) is 6.49. The maximum Gasteiger partial charge on any atom is 0.306 e. The van der Waals surface area contributed by atoms with Crippen LogP contribution in [0.4, 0.5) is 0 Å². The van der Waals surface area contributed by atoms with Gasteiger partial charge in [-0.2, -0.15) is 0 Å². The Morgan fingerprint density at radius 1 is 1.47 bits per heavy atom. The average Bonchev–Trinajstić information content (AvgIpc) is 3.04. The normalized spacial score (nSPS) is 22.4. The fourth-order valence-corrected chi connectivity index (χ4v) is 2.43. The molecule has 2 unspecified atom stereocenters. The van der Waals surface area contributed by atoms with Crippen LogP contribution in [-0.2, 0) is 22.7 Å². The van der Waals surface area contributed by atoms with E-state index in [-0.39, 0.29) is 17.7 Å². The second kappa shape index (κ2) is 5.81. The number of hydrogen-bond acceptors (Lipinski definition) is 4. The van der Waals surface area contributed by atoms with Crippen LogP contribution in [0.25, 0.3) is 0 Å². The largest absolute Gasteiger partial charge is 0.481 e. The Kier molecular flexibility index (Phi) is 4.13. The highest BCUT2D eigenvalue weighted by Crippen LogP contribution is 2.31. The molecule has 7 nitrogen and oxygen atoms in total. The van der Waals surface area contributed by atoms with Crippen LogP contribution in [-0.4, -0.2) is 31.7 Å². The zero-order valence-corrected chi connectivity index (χ0v) is 10.9. The van der Waals surface area contributed by atoms with Crippen LogP contribution in [0.1, 0.15) is 32.0 Å². The molecule has 19 heavy (non-hydrogen) atoms. The first-order valence-corrected chi connectivity index (χ1v) is 6.49. The molecule has 0 aromatic carbocycles. The molecule has 1 aliphatic carbocycles. The number of carbonyl (C=O) groups excluding carboxylic acids is 1. The zero-order valence-electron chi connectivity index (χ0n) is 10.9. The first-order chi connectivity index (χ1) is 9.11. The lowest BCUT2D eigenvalue weighted by atomic mass is 10.0. The molecule has 2 N–H and O–H groups in total. The van der Waals surface area contributed by atoms with Crippen molar-refractivity contribution in [3.05, 3.63) is 12.2 Å². The van der Waals surface area contributed by atoms with E-state index in [4.69, 9.17) is 5.11 Å². The quantitative estimate of drug-likeness (QED) is 0.804. The molecule has 104 valence electrons. The summed E-state index contributed by atoms with van der Waals surface area (Å²) in [6, 6.07) is 0. The third-order valence-electron chi connectivity index (χ3n) is 3.61. The number of hydrogen-bond donors (Lipinski definition) is 2. The minimum atomic E-state index is -0.805. The number of carboxylic acid groups (broad SMARTS) is 1. The molecule has 2 atom stereocenters. The molecule has 1 aliphatic rings. The molecular formula is C12H18N4O3. The summed E-state index contributed by atoms with van der Waals surface area (Å²) in [7, 11) is 0. The summed E-state index contributed by atoms with van der Waals surface area (Å²) in [6.07, 6.45) is 3.28. The fraction of sp³-hybridized carbons (Fsp3) is 0.667. The molecule has 2 rings (SSSR count). The number of aliphatic carboxylic acids is 1. The number of nitrogens with zero attached hydrogens (tertiary/aromatic N) is 3. The van der Waals surface area contributed by atoms with Gasteiger partial charge in [0.25, 0.3) is 0 Å². The van der Waals surface area contributed by atoms with Crippen molar-refractivity contribution >= 4 is 11.9 Å². The molecule has 0 saturated heterocycles. The summed E-state index contributed by atoms with van der Waals surface area (Å²) in [6.45, 7) is 3.06. The van der Waals surface area contributed by atoms with E-state index in [1.807, 2.05) is 11.5 Å². The van der Waals surface area contributed by atoms with Crippen molar-refractivity contribution in [3.8, 4) is 0 Å². The van der Waals surface area contributed by atoms with E-state index >= 15 is 0 Å². The smallest absolute Gasteiger partial charge is 0.306 e. The predicted molar refractivity (Wildman–Crippen MR) is 66.0 cm³/mol. The van der Waals surface area contributed by atoms with Gasteiger partial charge in [0.2, 0.25) is 5.91 Å². The number of aryl methyl sites for hydroxylation is 1. The highest BCUT2D eigenvalue weighted by molar-refractivity contribution is 5.80. The van der Waals surface area contributed by atoms with Gasteiger partial charge < -0.3 is 15.0 Å². The molecule has 0 bridgehead atoms. The minimum Gasteiger partial charge on any atom is -0.481 e. The Balaban J connectivity index is 1.84. The summed E-state index contributed by atoms with van der Waals surface area (Å²) in [5.41, 5.74) is 0. The SMILES string of the molecule is CCn1cnnc1CNC(=O)C1CCC(C(=O)O)C1. The Bertz CT molecular complexity index is 471. The van der Waals surface area contributed by atoms with Crippen molar-refractivity contribution in [2.24, 2.45) is 11.8 Å². The van der Waals surface area contributed by atoms with Gasteiger partial charge in [-0.1, -0.05) is 0 Å². The molecule has 1 aromatic heterocycles. The van der Waals surface area contributed by atoms with Crippen molar-refractivity contribution in [2.75, 3.05) is 0 Å². The van der Waals surface area contributed by atoms with E-state index < -0.39 is 5.97 Å². The molecule has 0 aliphatic heterocycles. The minimum absolute atomic E-state index is 0.0885. The van der Waals surface area contributed by atoms with E-state index in [0.717, 1.165) is 6.54 Å². The van der Waals surface area contributed by atoms with Crippen LogP contribution < -0.4 is 5.32 Å². The van der Waals surface area contributed by atoms with Gasteiger partial charge in [0.15, 0.2) is 5.82 Å². The summed E-state index contributed by atoms with van der Waals surface area (Å²) in [5, 5.41) is 19.4. The zero-order chi connectivity index (χ0) is 13.8. The number of nitrogens with one attached hydrogen (secondary N) is 1. The molecule has 1 amide bonds. The fourth-order valence-electron chi connectivity index (χ4n) is 2.43. The monoisotopic (exact) mass is 266 g/mol. The maximum atomic E-state index is 11.9. The molecule has 1 heterocycles. The Morgan fingerprint density at radius 2 is 2.21 bits per heavy atom. The van der Waals surface area contributed by atoms with Gasteiger partial charge in [-0.25, -0.2) is 0 Å². The predicted octanol–water partition coefficient (Wildman–Crippen LogP) is 0.415. The summed E-state index contributed by atoms with van der Waals surface area (Å²) < 4.78 is 1.86. The molecule has 7 heteroatoms. The molecule has 1 saturated carbocycles. The Hall–Kier alpha value is -1.92. The Labute approximate surface area is 111 Å². The van der Waals surface area contributed by atoms with E-state index in [0.29, 0.717) is 31.6 Å². The highest BCUT2D eigenvalue weighted by atomic mass is 16.4. The summed E-state index contributed by atoms with van der Waals surface area (Å²) in [4.78, 5) is 22.8. The number of carbonyl (C=O) groups is 2. The van der Waals surface area contributed by atoms with E-state index in [2.05, 4.69) is 15.5 Å². The van der Waals surface area contributed by atoms with Crippen molar-refractivity contribution in [1.82, 2.24) is 20.1 Å². The second-order valence-electron chi connectivity index (χ2n) is 4.80. The third kappa shape index (κ3) is 3.10. The van der Waals surface area contributed by atoms with Gasteiger partial charge >= 0.3 is 5.97 Å². The van der Waals surface area contributed by atoms with Gasteiger partial charge in [-0.3, -0.25) is 9.59 Å². The molecular weight excluding hydrogens is 248 g/mol. The van der Waals surface area contributed by atoms with Gasteiger partial charge in [-0.15, -0.1) is 10.2 Å². The topological polar surface area (TPSA) is 97.1 Å². The van der Waals surface area contributed by atoms with Crippen molar-refractivity contribution in [2.45, 2.75) is 39.3 Å². The van der Waals surface area contributed by atoms with Gasteiger partial charge in [0.05, 0.1) is 12.5 Å². The summed E-state index contributed by atoms with van der Waals surface area (Å²) >= 11 is 0. The number of amides is 1. The van der Waals surface area contributed by atoms with Gasteiger partial charge in [0, 0.05) is 12.5 Å². The standard InChI is InChI=1S/C12H18N4O3/c1-2-16-7-14-15-10(16)6-13-11(17)8-3-4-9(5-8)12(18)19/h7-9H,2-6H2,1H3,(H,13,17)(H,18,19). The number of carboxylic acids is 1. The van der Waals surface area contributed by atoms with Crippen LogP contribution in [0.3, 0.4) is 0 Å². The molecule has 0 spiro atoms. The van der Waals surface area contributed by atoms with Crippen molar-refractivity contribution in [3.63, 3.8) is 0 Å². The van der Waals surface area contributed by atoms with Crippen molar-refractivity contribution in [1.29, 1.82) is 0 Å². The molecule has 0 radical (unpaired) electrons. The number of aromatic nitrogens is 3. The van der Waals surface area contributed by atoms with E-state index in [1.165, 1.54) is 0 Å². The average molecular weight is 266 g/mol. The molecule has 1 aromatic rings. The Morgan fingerprint density at radius 3 is 2.84 bits per heavy atom. The van der Waals surface area contributed by atoms with Crippen LogP contribution in [0.2, 0.25) is 0 Å². The van der Waals surface area contributed by atoms with Crippen molar-refractivity contribution < 1.29 is 14.7 Å². The highest BCUT2D eigenvalue weighted by Gasteiger charge is 2.33. The third-order valence-corrected chi connectivity index (χ3v) is 3.61. The van der Waals surface area contributed by atoms with Gasteiger partial charge in [0.1, 0.15) is 6.33 Å². The lowest BCUT2D eigenvalue weighted by molar-refractivity contribution is -0.141. The first kappa shape index (κ1) is 13.5. The van der Waals surface area contributed by atoms with E-state index in [1.54, 1.807) is 6.33 Å². The molecule has 1 fully saturated rings. The second-order valence-corrected chi connectivity index (χ2v) is 4.80. The van der Waals surface area contributed by atoms with Crippen LogP contribution >= 0.6 is 0 Å². The van der Waals surface area contributed by atoms with Gasteiger partial charge in [-0.05, 0) is 26.2 Å². The van der Waals surface area contributed by atoms with Crippen LogP contribution in [0, 0.1) is 11.8 Å². The lowest BCUT2D eigenvalue weighted by Crippen LogP contribution is -2.30. The van der Waals surface area contributed by atoms with E-state index in [9.17, 15) is 9.59 Å². The van der Waals surface area contributed by atoms with Crippen LogP contribution in [0.15, 0.2) is 6.33 Å². The maximum absolute atomic E-state index is 11.9. The van der Waals surface area contributed by atoms with Crippen LogP contribution in [0.5, 0.6) is 0 Å².